The second kappa shape index (κ2) is 7.19. The number of imidazole rings is 1. The topological polar surface area (TPSA) is 88.5 Å². The maximum Gasteiger partial charge on any atom is 0.152 e. The molecule has 4 rings (SSSR count). The lowest BCUT2D eigenvalue weighted by atomic mass is 9.96. The molecule has 27 heavy (non-hydrogen) atoms. The fourth-order valence-electron chi connectivity index (χ4n) is 3.66. The molecule has 1 saturated heterocycles. The zero-order chi connectivity index (χ0) is 18.8. The van der Waals surface area contributed by atoms with Crippen LogP contribution in [0.5, 0.6) is 0 Å². The SMILES string of the molecule is Cc1ccc(C#N)c(N2CCCC(c3nnc(Cn4ccnc4)n3C)C2)n1. The van der Waals surface area contributed by atoms with E-state index < -0.39 is 0 Å². The molecule has 0 bridgehead atoms. The highest BCUT2D eigenvalue weighted by Crippen LogP contribution is 2.30. The van der Waals surface area contributed by atoms with Crippen LogP contribution in [0.1, 0.15) is 41.7 Å². The van der Waals surface area contributed by atoms with Gasteiger partial charge in [0.15, 0.2) is 5.82 Å². The van der Waals surface area contributed by atoms with Gasteiger partial charge in [0.2, 0.25) is 0 Å². The summed E-state index contributed by atoms with van der Waals surface area (Å²) >= 11 is 0. The number of piperidine rings is 1. The Balaban J connectivity index is 1.56. The number of aryl methyl sites for hydroxylation is 1. The van der Waals surface area contributed by atoms with Gasteiger partial charge in [-0.3, -0.25) is 0 Å². The van der Waals surface area contributed by atoms with E-state index in [2.05, 4.69) is 35.7 Å². The van der Waals surface area contributed by atoms with E-state index in [0.717, 1.165) is 49.1 Å². The first-order valence-corrected chi connectivity index (χ1v) is 9.12. The number of hydrogen-bond donors (Lipinski definition) is 0. The van der Waals surface area contributed by atoms with Crippen LogP contribution in [0.15, 0.2) is 30.9 Å². The average Bonchev–Trinajstić information content (AvgIpc) is 3.33. The van der Waals surface area contributed by atoms with Gasteiger partial charge in [-0.25, -0.2) is 9.97 Å². The molecule has 4 heterocycles. The Labute approximate surface area is 158 Å². The van der Waals surface area contributed by atoms with E-state index in [-0.39, 0.29) is 5.92 Å². The third-order valence-corrected chi connectivity index (χ3v) is 5.10. The highest BCUT2D eigenvalue weighted by atomic mass is 15.3. The van der Waals surface area contributed by atoms with Crippen LogP contribution in [-0.4, -0.2) is 42.4 Å². The van der Waals surface area contributed by atoms with Gasteiger partial charge in [0.25, 0.3) is 0 Å². The number of nitrogens with zero attached hydrogens (tertiary/aromatic N) is 8. The molecule has 1 aliphatic heterocycles. The number of rotatable bonds is 4. The Kier molecular flexibility index (Phi) is 4.59. The normalized spacial score (nSPS) is 17.1. The van der Waals surface area contributed by atoms with Crippen molar-refractivity contribution in [2.75, 3.05) is 18.0 Å². The monoisotopic (exact) mass is 362 g/mol. The standard InChI is InChI=1S/C19H22N8/c1-14-5-6-15(10-20)18(22-14)27-8-3-4-16(11-27)19-24-23-17(25(19)2)12-26-9-7-21-13-26/h5-7,9,13,16H,3-4,8,11-12H2,1-2H3. The van der Waals surface area contributed by atoms with Crippen molar-refractivity contribution in [2.24, 2.45) is 7.05 Å². The van der Waals surface area contributed by atoms with Crippen LogP contribution >= 0.6 is 0 Å². The summed E-state index contributed by atoms with van der Waals surface area (Å²) in [5, 5.41) is 18.3. The second-order valence-electron chi connectivity index (χ2n) is 6.99. The molecule has 0 amide bonds. The van der Waals surface area contributed by atoms with E-state index in [9.17, 15) is 5.26 Å². The minimum atomic E-state index is 0.265. The lowest BCUT2D eigenvalue weighted by Gasteiger charge is -2.33. The zero-order valence-corrected chi connectivity index (χ0v) is 15.6. The van der Waals surface area contributed by atoms with Gasteiger partial charge in [0.1, 0.15) is 17.7 Å². The van der Waals surface area contributed by atoms with Crippen molar-refractivity contribution in [3.05, 3.63) is 53.8 Å². The average molecular weight is 362 g/mol. The Morgan fingerprint density at radius 1 is 1.30 bits per heavy atom. The number of nitriles is 1. The van der Waals surface area contributed by atoms with Gasteiger partial charge in [-0.05, 0) is 31.9 Å². The first-order valence-electron chi connectivity index (χ1n) is 9.12. The van der Waals surface area contributed by atoms with Gasteiger partial charge in [-0.2, -0.15) is 5.26 Å². The minimum absolute atomic E-state index is 0.265. The molecule has 0 N–H and O–H groups in total. The Morgan fingerprint density at radius 3 is 2.96 bits per heavy atom. The smallest absolute Gasteiger partial charge is 0.152 e. The first-order chi connectivity index (χ1) is 13.2. The van der Waals surface area contributed by atoms with Crippen LogP contribution in [0.2, 0.25) is 0 Å². The molecular formula is C19H22N8. The largest absolute Gasteiger partial charge is 0.355 e. The van der Waals surface area contributed by atoms with E-state index >= 15 is 0 Å². The number of hydrogen-bond acceptors (Lipinski definition) is 6. The van der Waals surface area contributed by atoms with Gasteiger partial charge >= 0.3 is 0 Å². The van der Waals surface area contributed by atoms with Crippen molar-refractivity contribution < 1.29 is 0 Å². The molecule has 1 fully saturated rings. The first kappa shape index (κ1) is 17.2. The molecule has 0 saturated carbocycles. The predicted octanol–water partition coefficient (Wildman–Crippen LogP) is 2.02. The summed E-state index contributed by atoms with van der Waals surface area (Å²) in [6, 6.07) is 6.01. The van der Waals surface area contributed by atoms with E-state index in [0.29, 0.717) is 12.1 Å². The van der Waals surface area contributed by atoms with Crippen molar-refractivity contribution in [3.63, 3.8) is 0 Å². The Hall–Kier alpha value is -3.21. The van der Waals surface area contributed by atoms with Gasteiger partial charge in [0, 0.05) is 44.1 Å². The van der Waals surface area contributed by atoms with Crippen LogP contribution in [0, 0.1) is 18.3 Å². The number of aromatic nitrogens is 6. The molecular weight excluding hydrogens is 340 g/mol. The third-order valence-electron chi connectivity index (χ3n) is 5.10. The van der Waals surface area contributed by atoms with Crippen LogP contribution in [0.3, 0.4) is 0 Å². The molecule has 0 aliphatic carbocycles. The highest BCUT2D eigenvalue weighted by molar-refractivity contribution is 5.54. The number of anilines is 1. The molecule has 0 spiro atoms. The van der Waals surface area contributed by atoms with Crippen molar-refractivity contribution in [3.8, 4) is 6.07 Å². The molecule has 1 aliphatic rings. The molecule has 138 valence electrons. The van der Waals surface area contributed by atoms with Gasteiger partial charge in [0.05, 0.1) is 18.4 Å². The molecule has 0 radical (unpaired) electrons. The molecule has 8 heteroatoms. The van der Waals surface area contributed by atoms with Gasteiger partial charge < -0.3 is 14.0 Å². The lowest BCUT2D eigenvalue weighted by molar-refractivity contribution is 0.475. The summed E-state index contributed by atoms with van der Waals surface area (Å²) in [6.45, 7) is 4.30. The summed E-state index contributed by atoms with van der Waals surface area (Å²) in [6.07, 6.45) is 7.56. The maximum atomic E-state index is 9.44. The summed E-state index contributed by atoms with van der Waals surface area (Å²) < 4.78 is 4.07. The van der Waals surface area contributed by atoms with Crippen molar-refractivity contribution >= 4 is 5.82 Å². The van der Waals surface area contributed by atoms with Crippen LogP contribution in [0.25, 0.3) is 0 Å². The van der Waals surface area contributed by atoms with E-state index in [1.54, 1.807) is 12.5 Å². The fourth-order valence-corrected chi connectivity index (χ4v) is 3.66. The molecule has 0 aromatic carbocycles. The maximum absolute atomic E-state index is 9.44. The number of pyridine rings is 1. The van der Waals surface area contributed by atoms with Crippen molar-refractivity contribution in [1.82, 2.24) is 29.3 Å². The fraction of sp³-hybridized carbons (Fsp3) is 0.421. The highest BCUT2D eigenvalue weighted by Gasteiger charge is 2.27. The predicted molar refractivity (Wildman–Crippen MR) is 100 cm³/mol. The summed E-state index contributed by atoms with van der Waals surface area (Å²) in [5.74, 6) is 2.94. The van der Waals surface area contributed by atoms with Gasteiger partial charge in [-0.1, -0.05) is 0 Å². The van der Waals surface area contributed by atoms with Crippen molar-refractivity contribution in [2.45, 2.75) is 32.2 Å². The molecule has 3 aromatic rings. The van der Waals surface area contributed by atoms with Crippen LogP contribution in [0.4, 0.5) is 5.82 Å². The third kappa shape index (κ3) is 3.40. The molecule has 3 aromatic heterocycles. The Morgan fingerprint density at radius 2 is 2.19 bits per heavy atom. The van der Waals surface area contributed by atoms with E-state index in [1.165, 1.54) is 0 Å². The Bertz CT molecular complexity index is 966. The van der Waals surface area contributed by atoms with E-state index in [4.69, 9.17) is 0 Å². The lowest BCUT2D eigenvalue weighted by Crippen LogP contribution is -2.36. The molecule has 1 unspecified atom stereocenters. The van der Waals surface area contributed by atoms with Crippen molar-refractivity contribution in [1.29, 1.82) is 5.26 Å². The summed E-state index contributed by atoms with van der Waals surface area (Å²) in [4.78, 5) is 10.9. The summed E-state index contributed by atoms with van der Waals surface area (Å²) in [5.41, 5.74) is 1.55. The minimum Gasteiger partial charge on any atom is -0.355 e. The quantitative estimate of drug-likeness (QED) is 0.705. The second-order valence-corrected chi connectivity index (χ2v) is 6.99. The van der Waals surface area contributed by atoms with Crippen LogP contribution in [-0.2, 0) is 13.6 Å². The molecule has 1 atom stereocenters. The zero-order valence-electron chi connectivity index (χ0n) is 15.6. The van der Waals surface area contributed by atoms with E-state index in [1.807, 2.05) is 36.9 Å². The molecule has 8 nitrogen and oxygen atoms in total. The summed E-state index contributed by atoms with van der Waals surface area (Å²) in [7, 11) is 2.02. The van der Waals surface area contributed by atoms with Crippen LogP contribution < -0.4 is 4.90 Å². The van der Waals surface area contributed by atoms with Gasteiger partial charge in [-0.15, -0.1) is 10.2 Å².